The quantitative estimate of drug-likeness (QED) is 0.656. The summed E-state index contributed by atoms with van der Waals surface area (Å²) >= 11 is 0. The van der Waals surface area contributed by atoms with E-state index in [0.717, 1.165) is 54.2 Å². The van der Waals surface area contributed by atoms with Gasteiger partial charge in [0.05, 0.1) is 19.0 Å². The average Bonchev–Trinajstić information content (AvgIpc) is 3.21. The van der Waals surface area contributed by atoms with Crippen LogP contribution in [-0.4, -0.2) is 47.5 Å². The fourth-order valence-corrected chi connectivity index (χ4v) is 3.86. The van der Waals surface area contributed by atoms with E-state index < -0.39 is 0 Å². The van der Waals surface area contributed by atoms with Gasteiger partial charge in [-0.1, -0.05) is 6.07 Å². The summed E-state index contributed by atoms with van der Waals surface area (Å²) in [7, 11) is 1.64. The Morgan fingerprint density at radius 1 is 1.36 bits per heavy atom. The zero-order valence-electron chi connectivity index (χ0n) is 16.0. The average molecular weight is 379 g/mol. The maximum Gasteiger partial charge on any atom is 0.152 e. The van der Waals surface area contributed by atoms with E-state index in [4.69, 9.17) is 4.74 Å². The topological polar surface area (TPSA) is 83.1 Å². The van der Waals surface area contributed by atoms with Gasteiger partial charge in [-0.25, -0.2) is 9.97 Å². The van der Waals surface area contributed by atoms with Crippen molar-refractivity contribution in [3.63, 3.8) is 0 Å². The summed E-state index contributed by atoms with van der Waals surface area (Å²) in [6, 6.07) is 9.64. The molecule has 146 valence electrons. The first kappa shape index (κ1) is 18.3. The van der Waals surface area contributed by atoms with Crippen molar-refractivity contribution in [3.8, 4) is 5.75 Å². The van der Waals surface area contributed by atoms with Gasteiger partial charge in [-0.3, -0.25) is 4.79 Å². The molecule has 28 heavy (non-hydrogen) atoms. The Morgan fingerprint density at radius 3 is 3.18 bits per heavy atom. The van der Waals surface area contributed by atoms with E-state index in [1.807, 2.05) is 36.5 Å². The maximum atomic E-state index is 12.5. The zero-order valence-corrected chi connectivity index (χ0v) is 16.0. The summed E-state index contributed by atoms with van der Waals surface area (Å²) in [6.07, 6.45) is 6.20. The van der Waals surface area contributed by atoms with Gasteiger partial charge in [-0.15, -0.1) is 0 Å². The molecule has 0 spiro atoms. The van der Waals surface area contributed by atoms with E-state index in [9.17, 15) is 4.79 Å². The third-order valence-electron chi connectivity index (χ3n) is 5.23. The fraction of sp³-hybridized carbons (Fsp3) is 0.381. The Morgan fingerprint density at radius 2 is 2.29 bits per heavy atom. The number of methoxy groups -OCH3 is 1. The lowest BCUT2D eigenvalue weighted by Crippen LogP contribution is -2.37. The SMILES string of the molecule is COc1cccc(NCC(=O)CC2CCCN(c3ncnc4[nH]ccc34)C2)c1. The first-order valence-corrected chi connectivity index (χ1v) is 9.65. The van der Waals surface area contributed by atoms with E-state index in [1.165, 1.54) is 0 Å². The van der Waals surface area contributed by atoms with Crippen LogP contribution in [0.5, 0.6) is 5.75 Å². The molecular formula is C21H25N5O2. The normalized spacial score (nSPS) is 16.9. The van der Waals surface area contributed by atoms with Crippen LogP contribution in [0.25, 0.3) is 11.0 Å². The molecule has 1 fully saturated rings. The van der Waals surface area contributed by atoms with Crippen LogP contribution >= 0.6 is 0 Å². The minimum atomic E-state index is 0.226. The maximum absolute atomic E-state index is 12.5. The van der Waals surface area contributed by atoms with Crippen molar-refractivity contribution in [1.82, 2.24) is 15.0 Å². The highest BCUT2D eigenvalue weighted by atomic mass is 16.5. The van der Waals surface area contributed by atoms with Crippen molar-refractivity contribution >= 4 is 28.3 Å². The Labute approximate surface area is 164 Å². The lowest BCUT2D eigenvalue weighted by Gasteiger charge is -2.33. The van der Waals surface area contributed by atoms with Gasteiger partial charge in [0.2, 0.25) is 0 Å². The minimum absolute atomic E-state index is 0.226. The number of hydrogen-bond donors (Lipinski definition) is 2. The van der Waals surface area contributed by atoms with Gasteiger partial charge in [0.25, 0.3) is 0 Å². The Hall–Kier alpha value is -3.09. The molecule has 3 aromatic rings. The van der Waals surface area contributed by atoms with Gasteiger partial charge in [0.1, 0.15) is 23.5 Å². The van der Waals surface area contributed by atoms with Gasteiger partial charge in [-0.2, -0.15) is 0 Å². The van der Waals surface area contributed by atoms with Crippen LogP contribution in [-0.2, 0) is 4.79 Å². The van der Waals surface area contributed by atoms with Crippen LogP contribution in [0.2, 0.25) is 0 Å². The predicted molar refractivity (Wildman–Crippen MR) is 110 cm³/mol. The minimum Gasteiger partial charge on any atom is -0.497 e. The number of carbonyl (C=O) groups excluding carboxylic acids is 1. The number of nitrogens with zero attached hydrogens (tertiary/aromatic N) is 3. The summed E-state index contributed by atoms with van der Waals surface area (Å²) in [5.41, 5.74) is 1.75. The van der Waals surface area contributed by atoms with Gasteiger partial charge >= 0.3 is 0 Å². The predicted octanol–water partition coefficient (Wildman–Crippen LogP) is 3.25. The molecular weight excluding hydrogens is 354 g/mol. The van der Waals surface area contributed by atoms with Crippen molar-refractivity contribution < 1.29 is 9.53 Å². The number of anilines is 2. The Balaban J connectivity index is 1.34. The number of nitrogens with one attached hydrogen (secondary N) is 2. The number of rotatable bonds is 7. The number of piperidine rings is 1. The second kappa shape index (κ2) is 8.29. The molecule has 7 nitrogen and oxygen atoms in total. The van der Waals surface area contributed by atoms with Crippen LogP contribution in [0.3, 0.4) is 0 Å². The highest BCUT2D eigenvalue weighted by Gasteiger charge is 2.24. The Bertz CT molecular complexity index is 955. The smallest absolute Gasteiger partial charge is 0.152 e. The van der Waals surface area contributed by atoms with Gasteiger partial charge in [0.15, 0.2) is 5.78 Å². The number of ether oxygens (including phenoxy) is 1. The van der Waals surface area contributed by atoms with Crippen molar-refractivity contribution in [3.05, 3.63) is 42.9 Å². The lowest BCUT2D eigenvalue weighted by atomic mass is 9.92. The molecule has 2 aromatic heterocycles. The molecule has 1 unspecified atom stereocenters. The van der Waals surface area contributed by atoms with Crippen molar-refractivity contribution in [1.29, 1.82) is 0 Å². The molecule has 4 rings (SSSR count). The molecule has 0 aliphatic carbocycles. The van der Waals surface area contributed by atoms with Crippen molar-refractivity contribution in [2.75, 3.05) is 37.0 Å². The molecule has 7 heteroatoms. The number of hydrogen-bond acceptors (Lipinski definition) is 6. The highest BCUT2D eigenvalue weighted by molar-refractivity contribution is 5.87. The van der Waals surface area contributed by atoms with Crippen LogP contribution in [0.15, 0.2) is 42.9 Å². The number of benzene rings is 1. The lowest BCUT2D eigenvalue weighted by molar-refractivity contribution is -0.118. The molecule has 0 amide bonds. The molecule has 0 bridgehead atoms. The summed E-state index contributed by atoms with van der Waals surface area (Å²) in [4.78, 5) is 26.7. The molecule has 3 heterocycles. The van der Waals surface area contributed by atoms with Crippen LogP contribution in [0.4, 0.5) is 11.5 Å². The molecule has 0 saturated carbocycles. The van der Waals surface area contributed by atoms with E-state index in [1.54, 1.807) is 13.4 Å². The molecule has 1 aromatic carbocycles. The summed E-state index contributed by atoms with van der Waals surface area (Å²) < 4.78 is 5.22. The van der Waals surface area contributed by atoms with Crippen LogP contribution < -0.4 is 15.0 Å². The summed E-state index contributed by atoms with van der Waals surface area (Å²) in [5, 5.41) is 4.24. The van der Waals surface area contributed by atoms with E-state index in [0.29, 0.717) is 18.9 Å². The molecule has 1 atom stereocenters. The molecule has 0 radical (unpaired) electrons. The first-order valence-electron chi connectivity index (χ1n) is 9.65. The largest absolute Gasteiger partial charge is 0.497 e. The van der Waals surface area contributed by atoms with Gasteiger partial charge < -0.3 is 19.9 Å². The van der Waals surface area contributed by atoms with Crippen LogP contribution in [0.1, 0.15) is 19.3 Å². The monoisotopic (exact) mass is 379 g/mol. The van der Waals surface area contributed by atoms with E-state index >= 15 is 0 Å². The number of aromatic nitrogens is 3. The standard InChI is InChI=1S/C21H25N5O2/c1-28-18-6-2-5-16(11-18)23-12-17(27)10-15-4-3-9-26(13-15)21-19-7-8-22-20(19)24-14-25-21/h2,5-8,11,14-15,23H,3-4,9-10,12-13H2,1H3,(H,22,24,25). The third-order valence-corrected chi connectivity index (χ3v) is 5.23. The van der Waals surface area contributed by atoms with Crippen molar-refractivity contribution in [2.45, 2.75) is 19.3 Å². The van der Waals surface area contributed by atoms with Crippen molar-refractivity contribution in [2.24, 2.45) is 5.92 Å². The fourth-order valence-electron chi connectivity index (χ4n) is 3.86. The number of Topliss-reactive ketones (excluding diaryl/α,β-unsaturated/α-hetero) is 1. The van der Waals surface area contributed by atoms with Gasteiger partial charge in [-0.05, 0) is 37.0 Å². The highest BCUT2D eigenvalue weighted by Crippen LogP contribution is 2.28. The molecule has 2 N–H and O–H groups in total. The Kier molecular flexibility index (Phi) is 5.41. The molecule has 1 saturated heterocycles. The second-order valence-corrected chi connectivity index (χ2v) is 7.22. The zero-order chi connectivity index (χ0) is 19.3. The molecule has 1 aliphatic rings. The first-order chi connectivity index (χ1) is 13.7. The number of carbonyl (C=O) groups is 1. The molecule has 1 aliphatic heterocycles. The number of ketones is 1. The van der Waals surface area contributed by atoms with E-state index in [2.05, 4.69) is 25.2 Å². The van der Waals surface area contributed by atoms with Crippen LogP contribution in [0, 0.1) is 5.92 Å². The number of fused-ring (bicyclic) bond motifs is 1. The number of aromatic amines is 1. The van der Waals surface area contributed by atoms with E-state index in [-0.39, 0.29) is 5.78 Å². The second-order valence-electron chi connectivity index (χ2n) is 7.22. The number of H-pyrrole nitrogens is 1. The van der Waals surface area contributed by atoms with Gasteiger partial charge in [0, 0.05) is 37.5 Å². The third kappa shape index (κ3) is 4.08. The summed E-state index contributed by atoms with van der Waals surface area (Å²) in [6.45, 7) is 2.14. The summed E-state index contributed by atoms with van der Waals surface area (Å²) in [5.74, 6) is 2.31.